The van der Waals surface area contributed by atoms with E-state index in [0.717, 1.165) is 6.54 Å². The predicted octanol–water partition coefficient (Wildman–Crippen LogP) is 2.76. The Morgan fingerprint density at radius 2 is 2.00 bits per heavy atom. The van der Waals surface area contributed by atoms with Crippen LogP contribution in [0.5, 0.6) is 0 Å². The van der Waals surface area contributed by atoms with Gasteiger partial charge in [0.25, 0.3) is 0 Å². The second-order valence-corrected chi connectivity index (χ2v) is 6.41. The van der Waals surface area contributed by atoms with Crippen LogP contribution in [0.4, 0.5) is 0 Å². The fourth-order valence-electron chi connectivity index (χ4n) is 2.50. The number of nitrogens with two attached hydrogens (primary N) is 1. The first-order valence-electron chi connectivity index (χ1n) is 6.88. The molecule has 2 nitrogen and oxygen atoms in total. The number of hydrogen-bond donors (Lipinski definition) is 1. The Labute approximate surface area is 115 Å². The summed E-state index contributed by atoms with van der Waals surface area (Å²) in [6, 6.07) is 10.6. The molecule has 0 aliphatic carbocycles. The van der Waals surface area contributed by atoms with Gasteiger partial charge in [0.1, 0.15) is 0 Å². The van der Waals surface area contributed by atoms with Gasteiger partial charge in [0.05, 0.1) is 0 Å². The highest BCUT2D eigenvalue weighted by Crippen LogP contribution is 2.21. The van der Waals surface area contributed by atoms with Crippen LogP contribution in [-0.2, 0) is 0 Å². The SMILES string of the molecule is CC(CN1CCCSCC1)C(N)c1ccccc1. The van der Waals surface area contributed by atoms with Gasteiger partial charge < -0.3 is 10.6 Å². The summed E-state index contributed by atoms with van der Waals surface area (Å²) in [6.07, 6.45) is 1.32. The molecule has 1 aromatic rings. The molecular formula is C15H24N2S. The van der Waals surface area contributed by atoms with Crippen molar-refractivity contribution >= 4 is 11.8 Å². The molecule has 100 valence electrons. The molecule has 0 saturated carbocycles. The zero-order chi connectivity index (χ0) is 12.8. The van der Waals surface area contributed by atoms with Crippen molar-refractivity contribution in [1.29, 1.82) is 0 Å². The van der Waals surface area contributed by atoms with Gasteiger partial charge in [-0.15, -0.1) is 0 Å². The van der Waals surface area contributed by atoms with Gasteiger partial charge in [-0.3, -0.25) is 0 Å². The van der Waals surface area contributed by atoms with Crippen LogP contribution in [0.15, 0.2) is 30.3 Å². The van der Waals surface area contributed by atoms with Crippen molar-refractivity contribution in [1.82, 2.24) is 4.90 Å². The summed E-state index contributed by atoms with van der Waals surface area (Å²) >= 11 is 2.08. The molecule has 18 heavy (non-hydrogen) atoms. The second-order valence-electron chi connectivity index (χ2n) is 5.18. The Kier molecular flexibility index (Phi) is 5.54. The third kappa shape index (κ3) is 4.01. The highest BCUT2D eigenvalue weighted by atomic mass is 32.2. The van der Waals surface area contributed by atoms with E-state index < -0.39 is 0 Å². The molecule has 2 N–H and O–H groups in total. The molecule has 0 amide bonds. The zero-order valence-corrected chi connectivity index (χ0v) is 12.0. The van der Waals surface area contributed by atoms with E-state index in [9.17, 15) is 0 Å². The Balaban J connectivity index is 1.88. The molecule has 0 aromatic heterocycles. The minimum atomic E-state index is 0.155. The summed E-state index contributed by atoms with van der Waals surface area (Å²) in [5, 5.41) is 0. The minimum Gasteiger partial charge on any atom is -0.324 e. The average molecular weight is 264 g/mol. The van der Waals surface area contributed by atoms with E-state index in [4.69, 9.17) is 5.73 Å². The number of thioether (sulfide) groups is 1. The maximum Gasteiger partial charge on any atom is 0.0333 e. The molecule has 0 spiro atoms. The average Bonchev–Trinajstić information content (AvgIpc) is 2.67. The van der Waals surface area contributed by atoms with Gasteiger partial charge in [-0.2, -0.15) is 11.8 Å². The van der Waals surface area contributed by atoms with E-state index in [1.54, 1.807) is 0 Å². The molecule has 2 unspecified atom stereocenters. The highest BCUT2D eigenvalue weighted by Gasteiger charge is 2.18. The van der Waals surface area contributed by atoms with E-state index >= 15 is 0 Å². The van der Waals surface area contributed by atoms with Crippen molar-refractivity contribution in [3.63, 3.8) is 0 Å². The lowest BCUT2D eigenvalue weighted by molar-refractivity contribution is 0.237. The molecule has 1 aliphatic heterocycles. The Bertz CT molecular complexity index is 334. The molecule has 1 saturated heterocycles. The normalized spacial score (nSPS) is 21.2. The summed E-state index contributed by atoms with van der Waals surface area (Å²) in [5.41, 5.74) is 7.62. The van der Waals surface area contributed by atoms with Gasteiger partial charge in [-0.25, -0.2) is 0 Å². The number of hydrogen-bond acceptors (Lipinski definition) is 3. The van der Waals surface area contributed by atoms with Crippen molar-refractivity contribution in [3.05, 3.63) is 35.9 Å². The van der Waals surface area contributed by atoms with Crippen LogP contribution in [0.2, 0.25) is 0 Å². The third-order valence-electron chi connectivity index (χ3n) is 3.66. The summed E-state index contributed by atoms with van der Waals surface area (Å²) in [4.78, 5) is 2.58. The topological polar surface area (TPSA) is 29.3 Å². The molecule has 1 aliphatic rings. The number of benzene rings is 1. The third-order valence-corrected chi connectivity index (χ3v) is 4.71. The Morgan fingerprint density at radius 1 is 1.22 bits per heavy atom. The van der Waals surface area contributed by atoms with Crippen molar-refractivity contribution in [2.75, 3.05) is 31.1 Å². The minimum absolute atomic E-state index is 0.155. The summed E-state index contributed by atoms with van der Waals surface area (Å²) in [7, 11) is 0. The van der Waals surface area contributed by atoms with Crippen molar-refractivity contribution in [2.45, 2.75) is 19.4 Å². The molecule has 1 fully saturated rings. The van der Waals surface area contributed by atoms with E-state index in [1.807, 2.05) is 6.07 Å². The van der Waals surface area contributed by atoms with Crippen LogP contribution in [0.3, 0.4) is 0 Å². The largest absolute Gasteiger partial charge is 0.324 e. The number of nitrogens with zero attached hydrogens (tertiary/aromatic N) is 1. The number of rotatable bonds is 4. The van der Waals surface area contributed by atoms with Crippen LogP contribution in [0.1, 0.15) is 24.9 Å². The maximum atomic E-state index is 6.36. The maximum absolute atomic E-state index is 6.36. The van der Waals surface area contributed by atoms with E-state index in [-0.39, 0.29) is 6.04 Å². The molecule has 0 bridgehead atoms. The first-order chi connectivity index (χ1) is 8.77. The molecular weight excluding hydrogens is 240 g/mol. The van der Waals surface area contributed by atoms with E-state index in [2.05, 4.69) is 47.9 Å². The summed E-state index contributed by atoms with van der Waals surface area (Å²) in [6.45, 7) is 5.85. The summed E-state index contributed by atoms with van der Waals surface area (Å²) < 4.78 is 0. The molecule has 2 atom stereocenters. The van der Waals surface area contributed by atoms with Gasteiger partial charge in [0.15, 0.2) is 0 Å². The highest BCUT2D eigenvalue weighted by molar-refractivity contribution is 7.99. The second kappa shape index (κ2) is 7.17. The van der Waals surface area contributed by atoms with Gasteiger partial charge in [0, 0.05) is 24.9 Å². The van der Waals surface area contributed by atoms with Crippen LogP contribution < -0.4 is 5.73 Å². The van der Waals surface area contributed by atoms with Crippen LogP contribution in [0, 0.1) is 5.92 Å². The van der Waals surface area contributed by atoms with Gasteiger partial charge >= 0.3 is 0 Å². The fraction of sp³-hybridized carbons (Fsp3) is 0.600. The van der Waals surface area contributed by atoms with Gasteiger partial charge in [0.2, 0.25) is 0 Å². The molecule has 1 aromatic carbocycles. The first-order valence-corrected chi connectivity index (χ1v) is 8.03. The zero-order valence-electron chi connectivity index (χ0n) is 11.2. The Morgan fingerprint density at radius 3 is 2.78 bits per heavy atom. The van der Waals surface area contributed by atoms with Crippen LogP contribution >= 0.6 is 11.8 Å². The van der Waals surface area contributed by atoms with Crippen LogP contribution in [-0.4, -0.2) is 36.0 Å². The quantitative estimate of drug-likeness (QED) is 0.906. The van der Waals surface area contributed by atoms with Crippen molar-refractivity contribution < 1.29 is 0 Å². The Hall–Kier alpha value is -0.510. The fourth-order valence-corrected chi connectivity index (χ4v) is 3.43. The predicted molar refractivity (Wildman–Crippen MR) is 80.9 cm³/mol. The van der Waals surface area contributed by atoms with E-state index in [1.165, 1.54) is 36.6 Å². The smallest absolute Gasteiger partial charge is 0.0333 e. The standard InChI is InChI=1S/C15H24N2S/c1-13(12-17-8-5-10-18-11-9-17)15(16)14-6-3-2-4-7-14/h2-4,6-7,13,15H,5,8-12,16H2,1H3. The molecule has 2 rings (SSSR count). The van der Waals surface area contributed by atoms with Gasteiger partial charge in [-0.05, 0) is 30.2 Å². The van der Waals surface area contributed by atoms with E-state index in [0.29, 0.717) is 5.92 Å². The summed E-state index contributed by atoms with van der Waals surface area (Å²) in [5.74, 6) is 3.10. The lowest BCUT2D eigenvalue weighted by Crippen LogP contribution is -2.35. The molecule has 1 heterocycles. The molecule has 0 radical (unpaired) electrons. The molecule has 3 heteroatoms. The van der Waals surface area contributed by atoms with Crippen molar-refractivity contribution in [2.24, 2.45) is 11.7 Å². The monoisotopic (exact) mass is 264 g/mol. The lowest BCUT2D eigenvalue weighted by atomic mass is 9.95. The lowest BCUT2D eigenvalue weighted by Gasteiger charge is -2.27. The first kappa shape index (κ1) is 13.9. The van der Waals surface area contributed by atoms with Gasteiger partial charge in [-0.1, -0.05) is 37.3 Å². The van der Waals surface area contributed by atoms with Crippen molar-refractivity contribution in [3.8, 4) is 0 Å². The van der Waals surface area contributed by atoms with Crippen LogP contribution in [0.25, 0.3) is 0 Å².